The number of hydrogen-bond acceptors (Lipinski definition) is 3. The van der Waals surface area contributed by atoms with E-state index in [-0.39, 0.29) is 12.5 Å². The van der Waals surface area contributed by atoms with Gasteiger partial charge < -0.3 is 14.9 Å². The quantitative estimate of drug-likeness (QED) is 0.610. The van der Waals surface area contributed by atoms with Crippen LogP contribution in [-0.4, -0.2) is 27.2 Å². The van der Waals surface area contributed by atoms with Gasteiger partial charge in [-0.3, -0.25) is 0 Å². The molecule has 1 aromatic rings. The van der Waals surface area contributed by atoms with Crippen LogP contribution < -0.4 is 4.74 Å². The summed E-state index contributed by atoms with van der Waals surface area (Å²) in [6.07, 6.45) is -0.500. The van der Waals surface area contributed by atoms with E-state index in [1.807, 2.05) is 6.92 Å². The molecule has 5 heteroatoms. The molecule has 2 atom stereocenters. The highest BCUT2D eigenvalue weighted by Crippen LogP contribution is 2.25. The Bertz CT molecular complexity index is 363. The Morgan fingerprint density at radius 1 is 1.41 bits per heavy atom. The van der Waals surface area contributed by atoms with Gasteiger partial charge >= 0.3 is 5.97 Å². The van der Waals surface area contributed by atoms with Crippen LogP contribution in [0, 0.1) is 5.92 Å². The summed E-state index contributed by atoms with van der Waals surface area (Å²) in [6.45, 7) is 1.62. The Hall–Kier alpha value is -0.820. The zero-order chi connectivity index (χ0) is 12.8. The van der Waals surface area contributed by atoms with E-state index in [4.69, 9.17) is 9.84 Å². The number of ether oxygens (including phenoxy) is 1. The summed E-state index contributed by atoms with van der Waals surface area (Å²) in [5, 5.41) is 18.4. The molecule has 1 rings (SSSR count). The lowest BCUT2D eigenvalue weighted by Gasteiger charge is -2.17. The highest BCUT2D eigenvalue weighted by atomic mass is 127. The molecular weight excluding hydrogens is 335 g/mol. The van der Waals surface area contributed by atoms with Gasteiger partial charge in [0.25, 0.3) is 0 Å². The summed E-state index contributed by atoms with van der Waals surface area (Å²) < 4.78 is 5.88. The molecule has 1 aromatic carbocycles. The van der Waals surface area contributed by atoms with Crippen LogP contribution in [0.3, 0.4) is 0 Å². The van der Waals surface area contributed by atoms with E-state index in [1.54, 1.807) is 24.3 Å². The van der Waals surface area contributed by atoms with Crippen molar-refractivity contribution in [3.63, 3.8) is 0 Å². The van der Waals surface area contributed by atoms with Gasteiger partial charge in [-0.1, -0.05) is 41.6 Å². The van der Waals surface area contributed by atoms with Crippen molar-refractivity contribution in [3.8, 4) is 5.75 Å². The van der Waals surface area contributed by atoms with Gasteiger partial charge in [0.15, 0.2) is 6.61 Å². The molecule has 0 aromatic heterocycles. The van der Waals surface area contributed by atoms with Crippen LogP contribution in [0.5, 0.6) is 5.75 Å². The van der Waals surface area contributed by atoms with Crippen molar-refractivity contribution < 1.29 is 19.7 Å². The minimum atomic E-state index is -1.01. The van der Waals surface area contributed by atoms with E-state index in [9.17, 15) is 9.90 Å². The third-order valence-electron chi connectivity index (χ3n) is 2.37. The van der Waals surface area contributed by atoms with Crippen LogP contribution in [0.25, 0.3) is 0 Å². The van der Waals surface area contributed by atoms with Crippen molar-refractivity contribution >= 4 is 28.6 Å². The number of aliphatic hydroxyl groups is 1. The molecule has 0 aliphatic carbocycles. The number of benzene rings is 1. The number of carboxylic acid groups (broad SMARTS) is 1. The summed E-state index contributed by atoms with van der Waals surface area (Å²) >= 11 is 2.23. The predicted octanol–water partition coefficient (Wildman–Crippen LogP) is 2.25. The summed E-state index contributed by atoms with van der Waals surface area (Å²) in [5.74, 6) is -0.334. The molecule has 0 bridgehead atoms. The van der Waals surface area contributed by atoms with Crippen LogP contribution in [0.1, 0.15) is 18.6 Å². The molecule has 0 fully saturated rings. The highest BCUT2D eigenvalue weighted by Gasteiger charge is 2.14. The zero-order valence-electron chi connectivity index (χ0n) is 9.47. The van der Waals surface area contributed by atoms with Gasteiger partial charge in [-0.15, -0.1) is 0 Å². The van der Waals surface area contributed by atoms with E-state index in [0.29, 0.717) is 5.75 Å². The van der Waals surface area contributed by atoms with Crippen molar-refractivity contribution in [1.29, 1.82) is 0 Å². The topological polar surface area (TPSA) is 66.8 Å². The first-order valence-corrected chi connectivity index (χ1v) is 6.75. The summed E-state index contributed by atoms with van der Waals surface area (Å²) in [5.41, 5.74) is 0.817. The maximum Gasteiger partial charge on any atom is 0.341 e. The van der Waals surface area contributed by atoms with Crippen molar-refractivity contribution in [2.45, 2.75) is 13.0 Å². The second kappa shape index (κ2) is 6.80. The Kier molecular flexibility index (Phi) is 5.70. The molecule has 4 nitrogen and oxygen atoms in total. The second-order valence-electron chi connectivity index (χ2n) is 3.83. The minimum Gasteiger partial charge on any atom is -0.482 e. The monoisotopic (exact) mass is 350 g/mol. The van der Waals surface area contributed by atoms with Gasteiger partial charge in [-0.25, -0.2) is 4.79 Å². The van der Waals surface area contributed by atoms with Crippen molar-refractivity contribution in [3.05, 3.63) is 29.8 Å². The normalized spacial score (nSPS) is 14.1. The van der Waals surface area contributed by atoms with Crippen molar-refractivity contribution in [1.82, 2.24) is 0 Å². The van der Waals surface area contributed by atoms with Crippen LogP contribution >= 0.6 is 22.6 Å². The third-order valence-corrected chi connectivity index (χ3v) is 3.76. The van der Waals surface area contributed by atoms with E-state index >= 15 is 0 Å². The predicted molar refractivity (Wildman–Crippen MR) is 72.6 cm³/mol. The highest BCUT2D eigenvalue weighted by molar-refractivity contribution is 14.1. The minimum absolute atomic E-state index is 0.182. The zero-order valence-corrected chi connectivity index (χ0v) is 11.6. The molecule has 0 heterocycles. The lowest BCUT2D eigenvalue weighted by molar-refractivity contribution is -0.139. The number of carbonyl (C=O) groups is 1. The molecule has 94 valence electrons. The van der Waals surface area contributed by atoms with Crippen LogP contribution in [0.2, 0.25) is 0 Å². The fourth-order valence-electron chi connectivity index (χ4n) is 1.32. The average Bonchev–Trinajstić information content (AvgIpc) is 2.35. The number of aliphatic hydroxyl groups excluding tert-OH is 1. The van der Waals surface area contributed by atoms with E-state index < -0.39 is 12.1 Å². The Balaban J connectivity index is 2.64. The second-order valence-corrected chi connectivity index (χ2v) is 4.71. The third kappa shape index (κ3) is 4.51. The summed E-state index contributed by atoms with van der Waals surface area (Å²) in [6, 6.07) is 6.85. The molecule has 0 saturated carbocycles. The Morgan fingerprint density at radius 2 is 2.00 bits per heavy atom. The largest absolute Gasteiger partial charge is 0.482 e. The fourth-order valence-corrected chi connectivity index (χ4v) is 1.80. The van der Waals surface area contributed by atoms with Crippen molar-refractivity contribution in [2.75, 3.05) is 11.0 Å². The number of halogens is 1. The first-order valence-electron chi connectivity index (χ1n) is 5.23. The number of carboxylic acids is 1. The van der Waals surface area contributed by atoms with E-state index in [2.05, 4.69) is 22.6 Å². The summed E-state index contributed by atoms with van der Waals surface area (Å²) in [4.78, 5) is 10.3. The van der Waals surface area contributed by atoms with Crippen LogP contribution in [0.4, 0.5) is 0 Å². The van der Waals surface area contributed by atoms with Crippen molar-refractivity contribution in [2.24, 2.45) is 5.92 Å². The first kappa shape index (κ1) is 14.2. The molecule has 2 N–H and O–H groups in total. The smallest absolute Gasteiger partial charge is 0.341 e. The maximum atomic E-state index is 10.3. The molecule has 0 saturated heterocycles. The van der Waals surface area contributed by atoms with Crippen LogP contribution in [0.15, 0.2) is 24.3 Å². The van der Waals surface area contributed by atoms with E-state index in [1.165, 1.54) is 0 Å². The Morgan fingerprint density at radius 3 is 2.47 bits per heavy atom. The van der Waals surface area contributed by atoms with Gasteiger partial charge in [0.2, 0.25) is 0 Å². The molecule has 0 radical (unpaired) electrons. The molecule has 0 spiro atoms. The molecule has 0 amide bonds. The molecular formula is C12H15IO4. The first-order chi connectivity index (χ1) is 8.04. The molecule has 17 heavy (non-hydrogen) atoms. The number of hydrogen-bond donors (Lipinski definition) is 2. The van der Waals surface area contributed by atoms with Gasteiger partial charge in [-0.05, 0) is 23.6 Å². The Labute approximate surface area is 114 Å². The number of rotatable bonds is 6. The lowest BCUT2D eigenvalue weighted by Crippen LogP contribution is -2.11. The van der Waals surface area contributed by atoms with Gasteiger partial charge in [-0.2, -0.15) is 0 Å². The molecule has 0 aliphatic heterocycles. The van der Waals surface area contributed by atoms with Gasteiger partial charge in [0.05, 0.1) is 6.10 Å². The fraction of sp³-hybridized carbons (Fsp3) is 0.417. The van der Waals surface area contributed by atoms with Crippen LogP contribution in [-0.2, 0) is 4.79 Å². The van der Waals surface area contributed by atoms with Gasteiger partial charge in [0.1, 0.15) is 5.75 Å². The molecule has 0 aliphatic rings. The average molecular weight is 350 g/mol. The lowest BCUT2D eigenvalue weighted by atomic mass is 9.99. The van der Waals surface area contributed by atoms with E-state index in [0.717, 1.165) is 9.99 Å². The summed E-state index contributed by atoms with van der Waals surface area (Å²) in [7, 11) is 0. The number of aliphatic carboxylic acids is 1. The maximum absolute atomic E-state index is 10.3. The standard InChI is InChI=1S/C12H15IO4/c1-8(6-13)12(16)9-2-4-10(5-3-9)17-7-11(14)15/h2-5,8,12,16H,6-7H2,1H3,(H,14,15)/t8-,12-/m1/s1. The SMILES string of the molecule is C[C@H](CI)[C@@H](O)c1ccc(OCC(=O)O)cc1. The number of alkyl halides is 1. The van der Waals surface area contributed by atoms with Gasteiger partial charge in [0, 0.05) is 4.43 Å². The molecule has 0 unspecified atom stereocenters.